The number of thiophene rings is 1. The quantitative estimate of drug-likeness (QED) is 0.348. The summed E-state index contributed by atoms with van der Waals surface area (Å²) in [5.74, 6) is 0.519. The maximum atomic E-state index is 12.5. The minimum Gasteiger partial charge on any atom is -0.493 e. The van der Waals surface area contributed by atoms with Crippen LogP contribution in [0.2, 0.25) is 0 Å². The molecule has 3 aromatic rings. The van der Waals surface area contributed by atoms with Gasteiger partial charge in [-0.25, -0.2) is 0 Å². The van der Waals surface area contributed by atoms with Crippen molar-refractivity contribution in [3.05, 3.63) is 86.0 Å². The number of amides is 1. The molecule has 1 N–H and O–H groups in total. The summed E-state index contributed by atoms with van der Waals surface area (Å²) in [6.07, 6.45) is 1.51. The van der Waals surface area contributed by atoms with Crippen molar-refractivity contribution < 1.29 is 14.3 Å². The van der Waals surface area contributed by atoms with E-state index in [4.69, 9.17) is 9.47 Å². The summed E-state index contributed by atoms with van der Waals surface area (Å²) in [6.45, 7) is 0.695. The van der Waals surface area contributed by atoms with Gasteiger partial charge in [-0.15, -0.1) is 11.3 Å². The molecule has 7 heteroatoms. The Balaban J connectivity index is 1.87. The molecule has 30 heavy (non-hydrogen) atoms. The van der Waals surface area contributed by atoms with Crippen molar-refractivity contribution in [1.82, 2.24) is 5.32 Å². The monoisotopic (exact) mass is 482 g/mol. The van der Waals surface area contributed by atoms with Crippen molar-refractivity contribution in [2.45, 2.75) is 13.2 Å². The second-order valence-corrected chi connectivity index (χ2v) is 8.18. The predicted molar refractivity (Wildman–Crippen MR) is 121 cm³/mol. The van der Waals surface area contributed by atoms with E-state index in [0.29, 0.717) is 30.2 Å². The van der Waals surface area contributed by atoms with Gasteiger partial charge in [0, 0.05) is 14.9 Å². The number of nitrogens with zero attached hydrogens (tertiary/aromatic N) is 1. The highest BCUT2D eigenvalue weighted by Gasteiger charge is 2.15. The summed E-state index contributed by atoms with van der Waals surface area (Å²) in [6, 6.07) is 19.1. The molecule has 0 bridgehead atoms. The highest BCUT2D eigenvalue weighted by atomic mass is 79.9. The van der Waals surface area contributed by atoms with Crippen LogP contribution in [-0.2, 0) is 17.9 Å². The number of methoxy groups -OCH3 is 1. The maximum absolute atomic E-state index is 12.5. The van der Waals surface area contributed by atoms with E-state index in [-0.39, 0.29) is 5.57 Å². The summed E-state index contributed by atoms with van der Waals surface area (Å²) < 4.78 is 12.2. The maximum Gasteiger partial charge on any atom is 0.262 e. The topological polar surface area (TPSA) is 71.3 Å². The highest BCUT2D eigenvalue weighted by molar-refractivity contribution is 9.10. The number of halogens is 1. The molecule has 0 atom stereocenters. The molecule has 0 fully saturated rings. The molecule has 0 spiro atoms. The van der Waals surface area contributed by atoms with Crippen LogP contribution in [0.1, 0.15) is 16.0 Å². The number of carbonyl (C=O) groups is 1. The van der Waals surface area contributed by atoms with Gasteiger partial charge in [0.05, 0.1) is 13.7 Å². The summed E-state index contributed by atoms with van der Waals surface area (Å²) in [7, 11) is 1.55. The molecule has 0 saturated carbocycles. The van der Waals surface area contributed by atoms with Crippen LogP contribution in [0.4, 0.5) is 0 Å². The fourth-order valence-electron chi connectivity index (χ4n) is 2.71. The van der Waals surface area contributed by atoms with Crippen molar-refractivity contribution >= 4 is 39.2 Å². The molecule has 0 radical (unpaired) electrons. The minimum absolute atomic E-state index is 0.0173. The standard InChI is InChI=1S/C23H19BrN2O3S/c1-28-21-12-19(24)11-17(22(21)29-15-16-6-3-2-4-7-16)10-18(13-25)23(27)26-14-20-8-5-9-30-20/h2-12H,14-15H2,1H3,(H,26,27)/b18-10+. The highest BCUT2D eigenvalue weighted by Crippen LogP contribution is 2.36. The number of rotatable bonds is 8. The van der Waals surface area contributed by atoms with Gasteiger partial charge in [-0.1, -0.05) is 52.3 Å². The molecular formula is C23H19BrN2O3S. The second-order valence-electron chi connectivity index (χ2n) is 6.23. The lowest BCUT2D eigenvalue weighted by molar-refractivity contribution is -0.117. The van der Waals surface area contributed by atoms with E-state index in [0.717, 1.165) is 14.9 Å². The van der Waals surface area contributed by atoms with Crippen molar-refractivity contribution in [2.75, 3.05) is 7.11 Å². The third-order valence-corrected chi connectivity index (χ3v) is 5.50. The zero-order valence-corrected chi connectivity index (χ0v) is 18.6. The van der Waals surface area contributed by atoms with E-state index in [9.17, 15) is 10.1 Å². The van der Waals surface area contributed by atoms with Crippen molar-refractivity contribution in [3.63, 3.8) is 0 Å². The molecule has 152 valence electrons. The fourth-order valence-corrected chi connectivity index (χ4v) is 3.81. The first kappa shape index (κ1) is 21.6. The number of nitriles is 1. The smallest absolute Gasteiger partial charge is 0.262 e. The van der Waals surface area contributed by atoms with E-state index in [1.165, 1.54) is 6.08 Å². The largest absolute Gasteiger partial charge is 0.493 e. The first-order valence-electron chi connectivity index (χ1n) is 9.07. The van der Waals surface area contributed by atoms with Gasteiger partial charge in [-0.3, -0.25) is 4.79 Å². The lowest BCUT2D eigenvalue weighted by Crippen LogP contribution is -2.23. The number of nitrogens with one attached hydrogen (secondary N) is 1. The van der Waals surface area contributed by atoms with Crippen LogP contribution in [-0.4, -0.2) is 13.0 Å². The number of ether oxygens (including phenoxy) is 2. The Morgan fingerprint density at radius 2 is 2.03 bits per heavy atom. The predicted octanol–water partition coefficient (Wildman–Crippen LogP) is 5.32. The molecule has 5 nitrogen and oxygen atoms in total. The number of hydrogen-bond acceptors (Lipinski definition) is 5. The molecular weight excluding hydrogens is 464 g/mol. The molecule has 0 aliphatic heterocycles. The average Bonchev–Trinajstić information content (AvgIpc) is 3.29. The van der Waals surface area contributed by atoms with Crippen molar-refractivity contribution in [2.24, 2.45) is 0 Å². The minimum atomic E-state index is -0.446. The second kappa shape index (κ2) is 10.6. The summed E-state index contributed by atoms with van der Waals surface area (Å²) >= 11 is 4.99. The Bertz CT molecular complexity index is 1070. The zero-order valence-electron chi connectivity index (χ0n) is 16.2. The fraction of sp³-hybridized carbons (Fsp3) is 0.130. The number of carbonyl (C=O) groups excluding carboxylic acids is 1. The Morgan fingerprint density at radius 1 is 1.23 bits per heavy atom. The first-order chi connectivity index (χ1) is 14.6. The summed E-state index contributed by atoms with van der Waals surface area (Å²) in [5, 5.41) is 14.3. The molecule has 0 aliphatic rings. The molecule has 1 amide bonds. The van der Waals surface area contributed by atoms with Crippen LogP contribution in [0.25, 0.3) is 6.08 Å². The summed E-state index contributed by atoms with van der Waals surface area (Å²) in [4.78, 5) is 13.5. The molecule has 1 heterocycles. The third kappa shape index (κ3) is 5.72. The third-order valence-electron chi connectivity index (χ3n) is 4.16. The van der Waals surface area contributed by atoms with E-state index in [2.05, 4.69) is 21.2 Å². The summed E-state index contributed by atoms with van der Waals surface area (Å²) in [5.41, 5.74) is 1.54. The molecule has 0 saturated heterocycles. The molecule has 2 aromatic carbocycles. The average molecular weight is 483 g/mol. The van der Waals surface area contributed by atoms with Crippen molar-refractivity contribution in [3.8, 4) is 17.6 Å². The Morgan fingerprint density at radius 3 is 2.70 bits per heavy atom. The van der Waals surface area contributed by atoms with Crippen LogP contribution in [0.5, 0.6) is 11.5 Å². The normalized spacial score (nSPS) is 10.9. The van der Waals surface area contributed by atoms with Crippen LogP contribution < -0.4 is 14.8 Å². The molecule has 0 aliphatic carbocycles. The molecule has 0 unspecified atom stereocenters. The Kier molecular flexibility index (Phi) is 7.66. The van der Waals surface area contributed by atoms with E-state index < -0.39 is 5.91 Å². The van der Waals surface area contributed by atoms with Gasteiger partial charge in [-0.2, -0.15) is 5.26 Å². The Hall–Kier alpha value is -3.08. The number of hydrogen-bond donors (Lipinski definition) is 1. The van der Waals surface area contributed by atoms with Gasteiger partial charge >= 0.3 is 0 Å². The van der Waals surface area contributed by atoms with Gasteiger partial charge in [0.25, 0.3) is 5.91 Å². The van der Waals surface area contributed by atoms with Gasteiger partial charge in [0.1, 0.15) is 18.2 Å². The number of benzene rings is 2. The lowest BCUT2D eigenvalue weighted by atomic mass is 10.1. The van der Waals surface area contributed by atoms with Crippen LogP contribution >= 0.6 is 27.3 Å². The van der Waals surface area contributed by atoms with Gasteiger partial charge in [-0.05, 0) is 35.2 Å². The van der Waals surface area contributed by atoms with Crippen LogP contribution in [0.3, 0.4) is 0 Å². The molecule has 1 aromatic heterocycles. The van der Waals surface area contributed by atoms with Gasteiger partial charge in [0.2, 0.25) is 0 Å². The SMILES string of the molecule is COc1cc(Br)cc(/C=C(\C#N)C(=O)NCc2cccs2)c1OCc1ccccc1. The van der Waals surface area contributed by atoms with Crippen molar-refractivity contribution in [1.29, 1.82) is 5.26 Å². The Labute approximate surface area is 187 Å². The lowest BCUT2D eigenvalue weighted by Gasteiger charge is -2.15. The van der Waals surface area contributed by atoms with E-state index >= 15 is 0 Å². The van der Waals surface area contributed by atoms with E-state index in [1.807, 2.05) is 53.9 Å². The molecule has 3 rings (SSSR count). The van der Waals surface area contributed by atoms with E-state index in [1.54, 1.807) is 30.6 Å². The van der Waals surface area contributed by atoms with Crippen LogP contribution in [0.15, 0.2) is 70.0 Å². The van der Waals surface area contributed by atoms with Gasteiger partial charge < -0.3 is 14.8 Å². The van der Waals surface area contributed by atoms with Gasteiger partial charge in [0.15, 0.2) is 11.5 Å². The zero-order chi connectivity index (χ0) is 21.3. The van der Waals surface area contributed by atoms with Crippen LogP contribution in [0, 0.1) is 11.3 Å². The first-order valence-corrected chi connectivity index (χ1v) is 10.7.